The Labute approximate surface area is 177 Å². The first kappa shape index (κ1) is 22.7. The summed E-state index contributed by atoms with van der Waals surface area (Å²) >= 11 is 0. The van der Waals surface area contributed by atoms with Gasteiger partial charge in [-0.1, -0.05) is 6.92 Å². The molecule has 0 aliphatic carbocycles. The van der Waals surface area contributed by atoms with Crippen LogP contribution in [0.4, 0.5) is 11.4 Å². The summed E-state index contributed by atoms with van der Waals surface area (Å²) in [5.74, 6) is -0.504. The van der Waals surface area contributed by atoms with E-state index in [2.05, 4.69) is 35.7 Å². The van der Waals surface area contributed by atoms with Gasteiger partial charge in [0.1, 0.15) is 24.1 Å². The molecule has 2 aromatic rings. The van der Waals surface area contributed by atoms with Crippen molar-refractivity contribution in [2.24, 2.45) is 31.9 Å². The van der Waals surface area contributed by atoms with Crippen molar-refractivity contribution in [3.63, 3.8) is 0 Å². The lowest BCUT2D eigenvalue weighted by molar-refractivity contribution is -0.116. The number of pyridine rings is 2. The zero-order valence-electron chi connectivity index (χ0n) is 16.7. The van der Waals surface area contributed by atoms with Gasteiger partial charge in [-0.2, -0.15) is 0 Å². The lowest BCUT2D eigenvalue weighted by atomic mass is 10.1. The fraction of sp³-hybridized carbons (Fsp3) is 0.167. The normalized spacial score (nSPS) is 11.7. The summed E-state index contributed by atoms with van der Waals surface area (Å²) in [5.41, 5.74) is 18.9. The van der Waals surface area contributed by atoms with Gasteiger partial charge in [0.05, 0.1) is 23.3 Å². The second kappa shape index (κ2) is 10.8. The van der Waals surface area contributed by atoms with Gasteiger partial charge in [-0.15, -0.1) is 20.4 Å². The van der Waals surface area contributed by atoms with Crippen molar-refractivity contribution in [3.8, 4) is 11.3 Å². The molecule has 13 heteroatoms. The van der Waals surface area contributed by atoms with E-state index in [0.717, 1.165) is 6.34 Å². The van der Waals surface area contributed by atoms with E-state index in [1.807, 2.05) is 6.92 Å². The van der Waals surface area contributed by atoms with Gasteiger partial charge in [-0.3, -0.25) is 20.6 Å². The van der Waals surface area contributed by atoms with Crippen LogP contribution < -0.4 is 22.5 Å². The number of anilines is 2. The summed E-state index contributed by atoms with van der Waals surface area (Å²) in [5, 5.41) is 31.8. The fourth-order valence-corrected chi connectivity index (χ4v) is 2.43. The van der Waals surface area contributed by atoms with Crippen LogP contribution in [0.5, 0.6) is 0 Å². The maximum absolute atomic E-state index is 12.2. The highest BCUT2D eigenvalue weighted by Gasteiger charge is 2.17. The zero-order valence-corrected chi connectivity index (χ0v) is 16.7. The summed E-state index contributed by atoms with van der Waals surface area (Å²) in [6.07, 6.45) is 4.02. The molecule has 0 atom stereocenters. The number of amidine groups is 2. The average Bonchev–Trinajstić information content (AvgIpc) is 2.76. The number of nitrogens with one attached hydrogen (secondary N) is 3. The largest absolute Gasteiger partial charge is 0.397 e. The molecule has 0 saturated heterocycles. The van der Waals surface area contributed by atoms with Crippen molar-refractivity contribution in [2.75, 3.05) is 11.1 Å². The molecule has 0 spiro atoms. The molecule has 0 aliphatic rings. The number of nitrogens with zero attached hydrogens (tertiary/aromatic N) is 6. The Morgan fingerprint density at radius 2 is 2.10 bits per heavy atom. The third kappa shape index (κ3) is 5.96. The van der Waals surface area contributed by atoms with Gasteiger partial charge in [0, 0.05) is 12.0 Å². The molecule has 0 aromatic carbocycles. The number of rotatable bonds is 8. The molecule has 2 heterocycles. The van der Waals surface area contributed by atoms with Gasteiger partial charge in [0.2, 0.25) is 5.91 Å². The lowest BCUT2D eigenvalue weighted by Gasteiger charge is -2.14. The van der Waals surface area contributed by atoms with Crippen LogP contribution in [-0.2, 0) is 4.79 Å². The van der Waals surface area contributed by atoms with Gasteiger partial charge in [-0.25, -0.2) is 4.98 Å². The Bertz CT molecular complexity index is 1070. The van der Waals surface area contributed by atoms with E-state index in [1.165, 1.54) is 12.3 Å². The van der Waals surface area contributed by atoms with Gasteiger partial charge in [0.25, 0.3) is 0 Å². The standard InChI is InChI=1S/C18H22N12O/c1-2-3-15(31)27-14-7-24-13(18(23)30-26-9-20)6-10(14)16-11(21)4-5-12(28-16)17(22)29-25-8-19/h4-9,20,23H,2-3,21H2,1H3,(H2,19,25)(H2,22,29)(H,27,31). The minimum absolute atomic E-state index is 0.00123. The highest BCUT2D eigenvalue weighted by Crippen LogP contribution is 2.31. The molecule has 2 rings (SSSR count). The number of carbonyl (C=O) groups excluding carboxylic acids is 1. The quantitative estimate of drug-likeness (QED) is 0.159. The van der Waals surface area contributed by atoms with E-state index < -0.39 is 0 Å². The number of carbonyl (C=O) groups is 1. The minimum Gasteiger partial charge on any atom is -0.397 e. The molecule has 0 saturated carbocycles. The van der Waals surface area contributed by atoms with Gasteiger partial charge < -0.3 is 22.5 Å². The van der Waals surface area contributed by atoms with Gasteiger partial charge in [-0.05, 0) is 24.6 Å². The van der Waals surface area contributed by atoms with Crippen LogP contribution in [0.1, 0.15) is 31.2 Å². The predicted octanol–water partition coefficient (Wildman–Crippen LogP) is 1.46. The topological polar surface area (TPSA) is 230 Å². The number of azo groups is 1. The second-order valence-electron chi connectivity index (χ2n) is 5.99. The van der Waals surface area contributed by atoms with Crippen LogP contribution in [0.3, 0.4) is 0 Å². The molecule has 0 radical (unpaired) electrons. The van der Waals surface area contributed by atoms with Crippen LogP contribution in [0.25, 0.3) is 11.3 Å². The third-order valence-electron chi connectivity index (χ3n) is 3.79. The molecule has 31 heavy (non-hydrogen) atoms. The minimum atomic E-state index is -0.288. The average molecular weight is 422 g/mol. The van der Waals surface area contributed by atoms with Crippen molar-refractivity contribution in [1.82, 2.24) is 9.97 Å². The van der Waals surface area contributed by atoms with E-state index in [4.69, 9.17) is 28.0 Å². The van der Waals surface area contributed by atoms with Crippen LogP contribution in [0.2, 0.25) is 0 Å². The van der Waals surface area contributed by atoms with Crippen molar-refractivity contribution >= 4 is 41.6 Å². The first-order chi connectivity index (χ1) is 14.9. The SMILES string of the molecule is CCCC(=O)Nc1cnc(C(=N)N=NC=N)cc1-c1nc(/C(N)=N/N=C\N)ccc1N. The number of hydrogen-bond donors (Lipinski definition) is 6. The highest BCUT2D eigenvalue weighted by atomic mass is 16.1. The molecule has 9 N–H and O–H groups in total. The van der Waals surface area contributed by atoms with Crippen molar-refractivity contribution in [3.05, 3.63) is 35.8 Å². The smallest absolute Gasteiger partial charge is 0.224 e. The number of nitrogens with two attached hydrogens (primary N) is 3. The zero-order chi connectivity index (χ0) is 22.8. The molecular weight excluding hydrogens is 400 g/mol. The molecule has 0 bridgehead atoms. The van der Waals surface area contributed by atoms with E-state index in [-0.39, 0.29) is 40.3 Å². The van der Waals surface area contributed by atoms with Crippen LogP contribution >= 0.6 is 0 Å². The Balaban J connectivity index is 2.64. The fourth-order valence-electron chi connectivity index (χ4n) is 2.43. The Kier molecular flexibility index (Phi) is 7.96. The summed E-state index contributed by atoms with van der Waals surface area (Å²) in [6, 6.07) is 4.62. The van der Waals surface area contributed by atoms with E-state index in [9.17, 15) is 4.79 Å². The van der Waals surface area contributed by atoms with E-state index >= 15 is 0 Å². The predicted molar refractivity (Wildman–Crippen MR) is 119 cm³/mol. The number of amides is 1. The maximum atomic E-state index is 12.2. The number of aromatic nitrogens is 2. The van der Waals surface area contributed by atoms with Gasteiger partial charge in [0.15, 0.2) is 11.7 Å². The molecular formula is C18H22N12O. The molecule has 13 nitrogen and oxygen atoms in total. The summed E-state index contributed by atoms with van der Waals surface area (Å²) in [7, 11) is 0. The van der Waals surface area contributed by atoms with Crippen molar-refractivity contribution < 1.29 is 4.79 Å². The van der Waals surface area contributed by atoms with Crippen molar-refractivity contribution in [1.29, 1.82) is 10.8 Å². The first-order valence-electron chi connectivity index (χ1n) is 9.03. The monoisotopic (exact) mass is 422 g/mol. The second-order valence-corrected chi connectivity index (χ2v) is 5.99. The molecule has 2 aromatic heterocycles. The van der Waals surface area contributed by atoms with Crippen LogP contribution in [0.15, 0.2) is 44.8 Å². The van der Waals surface area contributed by atoms with E-state index in [1.54, 1.807) is 12.1 Å². The lowest BCUT2D eigenvalue weighted by Crippen LogP contribution is -2.16. The number of nitrogen functional groups attached to an aromatic ring is 1. The summed E-state index contributed by atoms with van der Waals surface area (Å²) in [4.78, 5) is 20.8. The Morgan fingerprint density at radius 1 is 1.32 bits per heavy atom. The molecule has 0 unspecified atom stereocenters. The summed E-state index contributed by atoms with van der Waals surface area (Å²) in [6.45, 7) is 1.88. The van der Waals surface area contributed by atoms with Crippen molar-refractivity contribution in [2.45, 2.75) is 19.8 Å². The first-order valence-corrected chi connectivity index (χ1v) is 9.03. The number of hydrogen-bond acceptors (Lipinski definition) is 8. The van der Waals surface area contributed by atoms with Crippen LogP contribution in [-0.4, -0.2) is 40.2 Å². The van der Waals surface area contributed by atoms with Crippen LogP contribution in [0, 0.1) is 10.8 Å². The molecule has 0 aliphatic heterocycles. The maximum Gasteiger partial charge on any atom is 0.224 e. The molecule has 0 fully saturated rings. The highest BCUT2D eigenvalue weighted by molar-refractivity contribution is 6.01. The Hall–Kier alpha value is -4.55. The van der Waals surface area contributed by atoms with E-state index in [0.29, 0.717) is 30.4 Å². The Morgan fingerprint density at radius 3 is 2.77 bits per heavy atom. The molecule has 1 amide bonds. The van der Waals surface area contributed by atoms with Gasteiger partial charge >= 0.3 is 0 Å². The molecule has 160 valence electrons. The third-order valence-corrected chi connectivity index (χ3v) is 3.79. The summed E-state index contributed by atoms with van der Waals surface area (Å²) < 4.78 is 0.